The van der Waals surface area contributed by atoms with Crippen LogP contribution in [0.25, 0.3) is 0 Å². The Morgan fingerprint density at radius 1 is 1.07 bits per heavy atom. The highest BCUT2D eigenvalue weighted by Gasteiger charge is 2.39. The van der Waals surface area contributed by atoms with E-state index in [1.807, 2.05) is 18.2 Å². The predicted octanol–water partition coefficient (Wildman–Crippen LogP) is 4.00. The number of imide groups is 1. The van der Waals surface area contributed by atoms with Gasteiger partial charge in [0, 0.05) is 18.0 Å². The molecule has 1 saturated carbocycles. The molecule has 2 aliphatic rings. The number of hydrogen-bond donors (Lipinski definition) is 0. The first-order chi connectivity index (χ1) is 13.2. The molecule has 1 aliphatic heterocycles. The largest absolute Gasteiger partial charge is 0.293 e. The van der Waals surface area contributed by atoms with Gasteiger partial charge in [0.2, 0.25) is 5.91 Å². The number of rotatable bonds is 3. The van der Waals surface area contributed by atoms with Crippen molar-refractivity contribution in [3.63, 3.8) is 0 Å². The van der Waals surface area contributed by atoms with Crippen LogP contribution in [0.3, 0.4) is 0 Å². The van der Waals surface area contributed by atoms with Crippen molar-refractivity contribution in [3.8, 4) is 0 Å². The van der Waals surface area contributed by atoms with Gasteiger partial charge in [0.1, 0.15) is 5.82 Å². The molecule has 0 radical (unpaired) electrons. The lowest BCUT2D eigenvalue weighted by molar-refractivity contribution is -0.118. The Morgan fingerprint density at radius 3 is 2.63 bits per heavy atom. The number of benzene rings is 1. The van der Waals surface area contributed by atoms with Crippen LogP contribution in [-0.4, -0.2) is 29.1 Å². The van der Waals surface area contributed by atoms with Crippen LogP contribution in [0, 0.1) is 5.92 Å². The smallest absolute Gasteiger partial charge is 0.266 e. The van der Waals surface area contributed by atoms with Crippen molar-refractivity contribution in [2.45, 2.75) is 44.6 Å². The van der Waals surface area contributed by atoms with Gasteiger partial charge in [-0.05, 0) is 42.5 Å². The van der Waals surface area contributed by atoms with E-state index in [1.165, 1.54) is 24.2 Å². The molecular weight excluding hydrogens is 338 g/mol. The van der Waals surface area contributed by atoms with Crippen molar-refractivity contribution < 1.29 is 9.59 Å². The molecule has 0 bridgehead atoms. The molecule has 0 saturated heterocycles. The molecule has 5 heteroatoms. The van der Waals surface area contributed by atoms with E-state index in [2.05, 4.69) is 11.9 Å². The molecule has 1 aromatic heterocycles. The second kappa shape index (κ2) is 7.43. The monoisotopic (exact) mass is 361 g/mol. The molecule has 2 heterocycles. The van der Waals surface area contributed by atoms with Crippen molar-refractivity contribution in [1.29, 1.82) is 0 Å². The molecule has 1 unspecified atom stereocenters. The fourth-order valence-corrected chi connectivity index (χ4v) is 4.02. The highest BCUT2D eigenvalue weighted by atomic mass is 16.2. The minimum Gasteiger partial charge on any atom is -0.293 e. The number of carbonyl (C=O) groups is 2. The fraction of sp³-hybridized carbons (Fsp3) is 0.364. The van der Waals surface area contributed by atoms with E-state index in [1.54, 1.807) is 36.7 Å². The fourth-order valence-electron chi connectivity index (χ4n) is 4.02. The van der Waals surface area contributed by atoms with Crippen molar-refractivity contribution in [2.75, 3.05) is 4.90 Å². The average Bonchev–Trinajstić information content (AvgIpc) is 2.70. The van der Waals surface area contributed by atoms with Crippen LogP contribution in [0.4, 0.5) is 5.82 Å². The zero-order chi connectivity index (χ0) is 18.8. The maximum absolute atomic E-state index is 13.2. The summed E-state index contributed by atoms with van der Waals surface area (Å²) in [6, 6.07) is 12.8. The number of fused-ring (bicyclic) bond motifs is 1. The SMILES string of the molecule is C[C@H]1CCCC[C@@H]1N=CC1C(=O)N(c2ccccn2)C(=O)c2ccccc21. The topological polar surface area (TPSA) is 62.6 Å². The third kappa shape index (κ3) is 3.29. The van der Waals surface area contributed by atoms with Gasteiger partial charge < -0.3 is 0 Å². The number of aliphatic imine (C=N–C) groups is 1. The number of hydrogen-bond acceptors (Lipinski definition) is 4. The van der Waals surface area contributed by atoms with Crippen LogP contribution < -0.4 is 4.90 Å². The molecule has 3 atom stereocenters. The van der Waals surface area contributed by atoms with Crippen LogP contribution in [-0.2, 0) is 4.79 Å². The summed E-state index contributed by atoms with van der Waals surface area (Å²) in [5.41, 5.74) is 1.27. The van der Waals surface area contributed by atoms with E-state index < -0.39 is 5.92 Å². The van der Waals surface area contributed by atoms with E-state index in [4.69, 9.17) is 4.99 Å². The van der Waals surface area contributed by atoms with Gasteiger partial charge in [0.15, 0.2) is 0 Å². The van der Waals surface area contributed by atoms with Crippen LogP contribution in [0.1, 0.15) is 54.4 Å². The van der Waals surface area contributed by atoms with E-state index >= 15 is 0 Å². The summed E-state index contributed by atoms with van der Waals surface area (Å²) in [5.74, 6) is -0.298. The van der Waals surface area contributed by atoms with Crippen molar-refractivity contribution in [1.82, 2.24) is 4.98 Å². The standard InChI is InChI=1S/C22H23N3O2/c1-15-8-2-5-11-19(15)24-14-18-16-9-3-4-10-17(16)21(26)25(22(18)27)20-12-6-7-13-23-20/h3-4,6-7,9-10,12-15,18-19H,2,5,8,11H2,1H3/t15-,18?,19-/m0/s1. The third-order valence-electron chi connectivity index (χ3n) is 5.59. The zero-order valence-electron chi connectivity index (χ0n) is 15.4. The highest BCUT2D eigenvalue weighted by molar-refractivity contribution is 6.28. The molecule has 2 amide bonds. The van der Waals surface area contributed by atoms with E-state index in [0.717, 1.165) is 12.0 Å². The predicted molar refractivity (Wildman–Crippen MR) is 105 cm³/mol. The van der Waals surface area contributed by atoms with Crippen LogP contribution in [0.5, 0.6) is 0 Å². The quantitative estimate of drug-likeness (QED) is 0.613. The number of aromatic nitrogens is 1. The normalized spacial score (nSPS) is 25.7. The Bertz CT molecular complexity index is 878. The minimum atomic E-state index is -0.560. The maximum atomic E-state index is 13.2. The van der Waals surface area contributed by atoms with Gasteiger partial charge >= 0.3 is 0 Å². The molecular formula is C22H23N3O2. The van der Waals surface area contributed by atoms with Gasteiger partial charge in [-0.3, -0.25) is 14.6 Å². The lowest BCUT2D eigenvalue weighted by Gasteiger charge is -2.31. The summed E-state index contributed by atoms with van der Waals surface area (Å²) in [7, 11) is 0. The van der Waals surface area contributed by atoms with Gasteiger partial charge in [-0.2, -0.15) is 0 Å². The summed E-state index contributed by atoms with van der Waals surface area (Å²) in [6.45, 7) is 2.22. The Labute approximate surface area is 159 Å². The summed E-state index contributed by atoms with van der Waals surface area (Å²) >= 11 is 0. The Morgan fingerprint density at radius 2 is 1.85 bits per heavy atom. The molecule has 1 aliphatic carbocycles. The Kier molecular flexibility index (Phi) is 4.84. The van der Waals surface area contributed by atoms with Crippen LogP contribution in [0.2, 0.25) is 0 Å². The first-order valence-corrected chi connectivity index (χ1v) is 9.58. The Hall–Kier alpha value is -2.82. The van der Waals surface area contributed by atoms with E-state index in [0.29, 0.717) is 17.3 Å². The van der Waals surface area contributed by atoms with Gasteiger partial charge in [0.25, 0.3) is 5.91 Å². The average molecular weight is 361 g/mol. The van der Waals surface area contributed by atoms with E-state index in [9.17, 15) is 9.59 Å². The first-order valence-electron chi connectivity index (χ1n) is 9.58. The third-order valence-corrected chi connectivity index (χ3v) is 5.59. The van der Waals surface area contributed by atoms with Gasteiger partial charge in [-0.1, -0.05) is 44.0 Å². The van der Waals surface area contributed by atoms with Gasteiger partial charge in [0.05, 0.1) is 12.0 Å². The second-order valence-corrected chi connectivity index (χ2v) is 7.36. The second-order valence-electron chi connectivity index (χ2n) is 7.36. The summed E-state index contributed by atoms with van der Waals surface area (Å²) in [5, 5.41) is 0. The Balaban J connectivity index is 1.72. The lowest BCUT2D eigenvalue weighted by Crippen LogP contribution is -2.46. The highest BCUT2D eigenvalue weighted by Crippen LogP contribution is 2.32. The maximum Gasteiger partial charge on any atom is 0.266 e. The molecule has 27 heavy (non-hydrogen) atoms. The molecule has 0 N–H and O–H groups in total. The lowest BCUT2D eigenvalue weighted by atomic mass is 9.85. The van der Waals surface area contributed by atoms with Crippen LogP contribution in [0.15, 0.2) is 53.7 Å². The van der Waals surface area contributed by atoms with Gasteiger partial charge in [-0.15, -0.1) is 0 Å². The molecule has 138 valence electrons. The van der Waals surface area contributed by atoms with Crippen LogP contribution >= 0.6 is 0 Å². The van der Waals surface area contributed by atoms with Crippen molar-refractivity contribution in [2.24, 2.45) is 10.9 Å². The summed E-state index contributed by atoms with van der Waals surface area (Å²) in [4.78, 5) is 36.4. The molecule has 1 aromatic carbocycles. The van der Waals surface area contributed by atoms with Crippen molar-refractivity contribution in [3.05, 3.63) is 59.8 Å². The van der Waals surface area contributed by atoms with E-state index in [-0.39, 0.29) is 17.9 Å². The number of amides is 2. The minimum absolute atomic E-state index is 0.250. The first kappa shape index (κ1) is 17.6. The number of pyridine rings is 1. The molecule has 2 aromatic rings. The molecule has 1 fully saturated rings. The number of anilines is 1. The zero-order valence-corrected chi connectivity index (χ0v) is 15.4. The summed E-state index contributed by atoms with van der Waals surface area (Å²) in [6.07, 6.45) is 8.01. The summed E-state index contributed by atoms with van der Waals surface area (Å²) < 4.78 is 0. The van der Waals surface area contributed by atoms with Gasteiger partial charge in [-0.25, -0.2) is 9.88 Å². The molecule has 0 spiro atoms. The molecule has 4 rings (SSSR count). The molecule has 5 nitrogen and oxygen atoms in total. The number of nitrogens with zero attached hydrogens (tertiary/aromatic N) is 3. The number of carbonyl (C=O) groups excluding carboxylic acids is 2. The van der Waals surface area contributed by atoms with Crippen molar-refractivity contribution >= 4 is 23.8 Å².